The fourth-order valence-corrected chi connectivity index (χ4v) is 2.11. The molecule has 2 rings (SSSR count). The lowest BCUT2D eigenvalue weighted by Gasteiger charge is -2.19. The Bertz CT molecular complexity index is 784. The summed E-state index contributed by atoms with van der Waals surface area (Å²) in [6, 6.07) is 15.0. The van der Waals surface area contributed by atoms with Gasteiger partial charge in [0, 0.05) is 11.8 Å². The first kappa shape index (κ1) is 17.0. The lowest BCUT2D eigenvalue weighted by molar-refractivity contribution is -0.385. The molecule has 0 heterocycles. The number of aryl methyl sites for hydroxylation is 1. The van der Waals surface area contributed by atoms with E-state index in [0.29, 0.717) is 5.69 Å². The summed E-state index contributed by atoms with van der Waals surface area (Å²) in [6.07, 6.45) is 0. The molecule has 0 radical (unpaired) electrons. The normalized spacial score (nSPS) is 9.83. The van der Waals surface area contributed by atoms with Gasteiger partial charge in [-0.15, -0.1) is 0 Å². The smallest absolute Gasteiger partial charge is 0.310 e. The van der Waals surface area contributed by atoms with Gasteiger partial charge in [0.05, 0.1) is 11.0 Å². The van der Waals surface area contributed by atoms with Gasteiger partial charge in [0.1, 0.15) is 6.54 Å². The number of rotatable bonds is 6. The van der Waals surface area contributed by atoms with E-state index in [1.807, 2.05) is 6.07 Å². The average molecular weight is 325 g/mol. The third-order valence-electron chi connectivity index (χ3n) is 3.26. The Balaban J connectivity index is 2.16. The number of ether oxygens (including phenoxy) is 1. The van der Waals surface area contributed by atoms with Crippen molar-refractivity contribution in [1.82, 2.24) is 0 Å². The van der Waals surface area contributed by atoms with E-state index in [4.69, 9.17) is 10.00 Å². The number of nitriles is 1. The van der Waals surface area contributed by atoms with Crippen LogP contribution in [-0.2, 0) is 4.79 Å². The number of hydrogen-bond acceptors (Lipinski definition) is 5. The molecular weight excluding hydrogens is 310 g/mol. The van der Waals surface area contributed by atoms with Crippen molar-refractivity contribution >= 4 is 17.3 Å². The van der Waals surface area contributed by atoms with Crippen LogP contribution in [0.1, 0.15) is 5.56 Å². The number of para-hydroxylation sites is 1. The minimum Gasteiger partial charge on any atom is -0.477 e. The Hall–Kier alpha value is -3.40. The van der Waals surface area contributed by atoms with Crippen LogP contribution in [0.15, 0.2) is 48.5 Å². The highest BCUT2D eigenvalue weighted by atomic mass is 16.6. The number of amides is 1. The third-order valence-corrected chi connectivity index (χ3v) is 3.26. The molecule has 0 fully saturated rings. The Labute approximate surface area is 138 Å². The van der Waals surface area contributed by atoms with Gasteiger partial charge >= 0.3 is 5.69 Å². The molecule has 0 unspecified atom stereocenters. The molecule has 1 amide bonds. The molecule has 0 aliphatic rings. The molecule has 0 saturated carbocycles. The summed E-state index contributed by atoms with van der Waals surface area (Å²) in [7, 11) is 0. The van der Waals surface area contributed by atoms with Gasteiger partial charge in [0.15, 0.2) is 12.4 Å². The molecule has 2 aromatic rings. The van der Waals surface area contributed by atoms with Crippen LogP contribution in [0, 0.1) is 28.4 Å². The first-order valence-electron chi connectivity index (χ1n) is 7.13. The number of anilines is 1. The van der Waals surface area contributed by atoms with Crippen LogP contribution in [-0.4, -0.2) is 24.0 Å². The van der Waals surface area contributed by atoms with Gasteiger partial charge in [0.25, 0.3) is 5.91 Å². The van der Waals surface area contributed by atoms with Crippen LogP contribution in [0.25, 0.3) is 0 Å². The predicted octanol–water partition coefficient (Wildman–Crippen LogP) is 2.84. The molecule has 2 aromatic carbocycles. The number of hydrogen-bond donors (Lipinski definition) is 0. The Morgan fingerprint density at radius 1 is 1.29 bits per heavy atom. The molecular formula is C17H15N3O4. The summed E-state index contributed by atoms with van der Waals surface area (Å²) in [5, 5.41) is 19.9. The number of nitro benzene ring substituents is 1. The number of benzene rings is 2. The second-order valence-electron chi connectivity index (χ2n) is 4.99. The van der Waals surface area contributed by atoms with E-state index in [0.717, 1.165) is 5.56 Å². The minimum atomic E-state index is -0.566. The fraction of sp³-hybridized carbons (Fsp3) is 0.176. The van der Waals surface area contributed by atoms with Crippen molar-refractivity contribution < 1.29 is 14.5 Å². The van der Waals surface area contributed by atoms with Gasteiger partial charge in [-0.2, -0.15) is 5.26 Å². The molecule has 0 aliphatic heterocycles. The molecule has 24 heavy (non-hydrogen) atoms. The third kappa shape index (κ3) is 4.08. The quantitative estimate of drug-likeness (QED) is 0.462. The maximum atomic E-state index is 12.4. The largest absolute Gasteiger partial charge is 0.477 e. The topological polar surface area (TPSA) is 96.5 Å². The van der Waals surface area contributed by atoms with E-state index in [1.54, 1.807) is 43.3 Å². The van der Waals surface area contributed by atoms with E-state index < -0.39 is 17.4 Å². The maximum absolute atomic E-state index is 12.4. The molecule has 0 saturated heterocycles. The summed E-state index contributed by atoms with van der Waals surface area (Å²) >= 11 is 0. The van der Waals surface area contributed by atoms with Gasteiger partial charge in [-0.1, -0.05) is 24.3 Å². The van der Waals surface area contributed by atoms with Crippen LogP contribution in [0.5, 0.6) is 5.75 Å². The van der Waals surface area contributed by atoms with Crippen LogP contribution < -0.4 is 9.64 Å². The van der Waals surface area contributed by atoms with E-state index in [-0.39, 0.29) is 18.0 Å². The zero-order chi connectivity index (χ0) is 17.5. The standard InChI is InChI=1S/C17H15N3O4/c1-13-7-8-15(20(22)23)16(11-13)24-12-17(21)19(10-9-18)14-5-3-2-4-6-14/h2-8,11H,10,12H2,1H3. The lowest BCUT2D eigenvalue weighted by Crippen LogP contribution is -2.35. The highest BCUT2D eigenvalue weighted by Crippen LogP contribution is 2.27. The van der Waals surface area contributed by atoms with E-state index in [9.17, 15) is 14.9 Å². The Morgan fingerprint density at radius 2 is 2.00 bits per heavy atom. The lowest BCUT2D eigenvalue weighted by atomic mass is 10.2. The van der Waals surface area contributed by atoms with Gasteiger partial charge in [-0.05, 0) is 30.7 Å². The Kier molecular flexibility index (Phi) is 5.47. The average Bonchev–Trinajstić information content (AvgIpc) is 2.58. The molecule has 0 bridgehead atoms. The molecule has 7 heteroatoms. The zero-order valence-corrected chi connectivity index (χ0v) is 13.0. The van der Waals surface area contributed by atoms with Gasteiger partial charge in [-0.25, -0.2) is 0 Å². The van der Waals surface area contributed by atoms with Crippen LogP contribution >= 0.6 is 0 Å². The van der Waals surface area contributed by atoms with Crippen LogP contribution in [0.3, 0.4) is 0 Å². The van der Waals surface area contributed by atoms with Crippen molar-refractivity contribution in [3.05, 3.63) is 64.2 Å². The van der Waals surface area contributed by atoms with Crippen molar-refractivity contribution in [3.8, 4) is 11.8 Å². The van der Waals surface area contributed by atoms with Crippen LogP contribution in [0.4, 0.5) is 11.4 Å². The fourth-order valence-electron chi connectivity index (χ4n) is 2.11. The minimum absolute atomic E-state index is 0.0262. The molecule has 0 spiro atoms. The van der Waals surface area contributed by atoms with Crippen molar-refractivity contribution in [3.63, 3.8) is 0 Å². The monoisotopic (exact) mass is 325 g/mol. The summed E-state index contributed by atoms with van der Waals surface area (Å²) in [5.74, 6) is -0.433. The molecule has 0 atom stereocenters. The van der Waals surface area contributed by atoms with Gasteiger partial charge < -0.3 is 4.74 Å². The summed E-state index contributed by atoms with van der Waals surface area (Å²) < 4.78 is 5.35. The summed E-state index contributed by atoms with van der Waals surface area (Å²) in [6.45, 7) is 1.23. The number of nitrogens with zero attached hydrogens (tertiary/aromatic N) is 3. The Morgan fingerprint density at radius 3 is 2.62 bits per heavy atom. The van der Waals surface area contributed by atoms with Gasteiger partial charge in [0.2, 0.25) is 0 Å². The van der Waals surface area contributed by atoms with Crippen molar-refractivity contribution in [2.45, 2.75) is 6.92 Å². The summed E-state index contributed by atoms with van der Waals surface area (Å²) in [4.78, 5) is 24.1. The van der Waals surface area contributed by atoms with Crippen LogP contribution in [0.2, 0.25) is 0 Å². The van der Waals surface area contributed by atoms with Crippen molar-refractivity contribution in [1.29, 1.82) is 5.26 Å². The van der Waals surface area contributed by atoms with E-state index in [2.05, 4.69) is 0 Å². The van der Waals surface area contributed by atoms with Crippen molar-refractivity contribution in [2.24, 2.45) is 0 Å². The second-order valence-corrected chi connectivity index (χ2v) is 4.99. The van der Waals surface area contributed by atoms with Crippen molar-refractivity contribution in [2.75, 3.05) is 18.1 Å². The molecule has 122 valence electrons. The number of nitro groups is 1. The second kappa shape index (κ2) is 7.74. The van der Waals surface area contributed by atoms with Gasteiger partial charge in [-0.3, -0.25) is 19.8 Å². The molecule has 0 N–H and O–H groups in total. The summed E-state index contributed by atoms with van der Waals surface area (Å²) in [5.41, 5.74) is 1.13. The molecule has 0 aromatic heterocycles. The first-order valence-corrected chi connectivity index (χ1v) is 7.13. The SMILES string of the molecule is Cc1ccc([N+](=O)[O-])c(OCC(=O)N(CC#N)c2ccccc2)c1. The highest BCUT2D eigenvalue weighted by Gasteiger charge is 2.19. The first-order chi connectivity index (χ1) is 11.5. The predicted molar refractivity (Wildman–Crippen MR) is 87.7 cm³/mol. The molecule has 0 aliphatic carbocycles. The molecule has 7 nitrogen and oxygen atoms in total. The number of carbonyl (C=O) groups excluding carboxylic acids is 1. The van der Waals surface area contributed by atoms with E-state index in [1.165, 1.54) is 17.0 Å². The zero-order valence-electron chi connectivity index (χ0n) is 13.0. The van der Waals surface area contributed by atoms with E-state index >= 15 is 0 Å². The number of carbonyl (C=O) groups is 1. The highest BCUT2D eigenvalue weighted by molar-refractivity contribution is 5.94. The maximum Gasteiger partial charge on any atom is 0.310 e.